The molecule has 10 heteroatoms. The first-order valence-electron chi connectivity index (χ1n) is 12.8. The number of carbonyl (C=O) groups excluding carboxylic acids is 1. The second-order valence-corrected chi connectivity index (χ2v) is 10.1. The highest BCUT2D eigenvalue weighted by molar-refractivity contribution is 5.96. The fourth-order valence-corrected chi connectivity index (χ4v) is 6.57. The Hall–Kier alpha value is -4.08. The Morgan fingerprint density at radius 3 is 2.70 bits per heavy atom. The Morgan fingerprint density at radius 1 is 1.08 bits per heavy atom. The van der Waals surface area contributed by atoms with Crippen molar-refractivity contribution < 1.29 is 13.9 Å². The monoisotopic (exact) mass is 499 g/mol. The van der Waals surface area contributed by atoms with E-state index in [2.05, 4.69) is 35.9 Å². The predicted octanol–water partition coefficient (Wildman–Crippen LogP) is 5.04. The number of nitrogens with zero attached hydrogens (tertiary/aromatic N) is 5. The minimum Gasteiger partial charge on any atom is -0.466 e. The van der Waals surface area contributed by atoms with Gasteiger partial charge in [-0.15, -0.1) is 0 Å². The normalized spacial score (nSPS) is 23.2. The lowest BCUT2D eigenvalue weighted by Crippen LogP contribution is -2.45. The number of hydrogen-bond acceptors (Lipinski definition) is 6. The van der Waals surface area contributed by atoms with Crippen LogP contribution in [0.25, 0.3) is 44.6 Å². The number of pyridine rings is 1. The maximum Gasteiger partial charge on any atom is 0.311 e. The Labute approximate surface area is 211 Å². The Bertz CT molecular complexity index is 1610. The van der Waals surface area contributed by atoms with Crippen LogP contribution in [0, 0.1) is 23.6 Å². The molecule has 2 atom stereocenters. The number of aromatic amines is 2. The molecule has 3 aliphatic rings. The van der Waals surface area contributed by atoms with Crippen molar-refractivity contribution in [3.63, 3.8) is 0 Å². The Morgan fingerprint density at radius 2 is 1.92 bits per heavy atom. The van der Waals surface area contributed by atoms with E-state index in [0.717, 1.165) is 47.8 Å². The van der Waals surface area contributed by atoms with Gasteiger partial charge in [-0.1, -0.05) is 0 Å². The lowest BCUT2D eigenvalue weighted by atomic mass is 9.61. The average Bonchev–Trinajstić information content (AvgIpc) is 3.67. The largest absolute Gasteiger partial charge is 0.466 e. The van der Waals surface area contributed by atoms with Gasteiger partial charge < -0.3 is 14.3 Å². The SMILES string of the molecule is CCOC(=O)[C@@H]1C2CCC(CC2)[C@H]1n1cc(-c2cn[nH]c2)c2cnc(-c3c[nH]c4ncc(F)cc34)nc21. The van der Waals surface area contributed by atoms with Crippen molar-refractivity contribution >= 4 is 28.0 Å². The molecule has 0 aromatic carbocycles. The molecule has 3 fully saturated rings. The molecule has 5 aromatic rings. The number of fused-ring (bicyclic) bond motifs is 5. The van der Waals surface area contributed by atoms with Crippen molar-refractivity contribution in [1.82, 2.24) is 34.7 Å². The van der Waals surface area contributed by atoms with Crippen molar-refractivity contribution in [2.24, 2.45) is 17.8 Å². The van der Waals surface area contributed by atoms with Gasteiger partial charge in [0.25, 0.3) is 0 Å². The summed E-state index contributed by atoms with van der Waals surface area (Å²) in [6.45, 7) is 2.22. The molecule has 0 aliphatic heterocycles. The van der Waals surface area contributed by atoms with Crippen LogP contribution in [0.5, 0.6) is 0 Å². The minimum absolute atomic E-state index is 0.0560. The van der Waals surface area contributed by atoms with E-state index in [1.807, 2.05) is 19.3 Å². The number of halogens is 1. The summed E-state index contributed by atoms with van der Waals surface area (Å²) >= 11 is 0. The zero-order valence-corrected chi connectivity index (χ0v) is 20.3. The van der Waals surface area contributed by atoms with E-state index in [-0.39, 0.29) is 17.9 Å². The molecule has 0 amide bonds. The van der Waals surface area contributed by atoms with Gasteiger partial charge in [-0.25, -0.2) is 19.3 Å². The summed E-state index contributed by atoms with van der Waals surface area (Å²) in [5, 5.41) is 8.52. The number of ether oxygens (including phenoxy) is 1. The number of hydrogen-bond donors (Lipinski definition) is 2. The van der Waals surface area contributed by atoms with Crippen molar-refractivity contribution in [3.05, 3.63) is 49.1 Å². The molecule has 188 valence electrons. The summed E-state index contributed by atoms with van der Waals surface area (Å²) in [6.07, 6.45) is 14.7. The summed E-state index contributed by atoms with van der Waals surface area (Å²) in [7, 11) is 0. The first kappa shape index (κ1) is 22.1. The molecule has 37 heavy (non-hydrogen) atoms. The van der Waals surface area contributed by atoms with E-state index < -0.39 is 5.82 Å². The topological polar surface area (TPSA) is 114 Å². The zero-order valence-electron chi connectivity index (χ0n) is 20.3. The van der Waals surface area contributed by atoms with Crippen LogP contribution in [-0.4, -0.2) is 47.3 Å². The summed E-state index contributed by atoms with van der Waals surface area (Å²) < 4.78 is 21.8. The molecule has 8 rings (SSSR count). The molecule has 9 nitrogen and oxygen atoms in total. The quantitative estimate of drug-likeness (QED) is 0.327. The summed E-state index contributed by atoms with van der Waals surface area (Å²) in [5.41, 5.74) is 3.86. The van der Waals surface area contributed by atoms with Gasteiger partial charge in [0.15, 0.2) is 5.82 Å². The van der Waals surface area contributed by atoms with Crippen LogP contribution < -0.4 is 0 Å². The third kappa shape index (κ3) is 3.46. The third-order valence-corrected chi connectivity index (χ3v) is 8.17. The van der Waals surface area contributed by atoms with Crippen LogP contribution in [0.15, 0.2) is 43.2 Å². The predicted molar refractivity (Wildman–Crippen MR) is 135 cm³/mol. The first-order chi connectivity index (χ1) is 18.1. The van der Waals surface area contributed by atoms with E-state index in [9.17, 15) is 9.18 Å². The molecule has 0 radical (unpaired) electrons. The molecule has 0 spiro atoms. The van der Waals surface area contributed by atoms with Crippen molar-refractivity contribution in [3.8, 4) is 22.5 Å². The van der Waals surface area contributed by atoms with E-state index in [0.29, 0.717) is 40.9 Å². The fraction of sp³-hybridized carbons (Fsp3) is 0.370. The van der Waals surface area contributed by atoms with Gasteiger partial charge in [0, 0.05) is 52.3 Å². The van der Waals surface area contributed by atoms with Crippen molar-refractivity contribution in [2.45, 2.75) is 38.6 Å². The highest BCUT2D eigenvalue weighted by atomic mass is 19.1. The van der Waals surface area contributed by atoms with E-state index in [4.69, 9.17) is 9.72 Å². The van der Waals surface area contributed by atoms with Gasteiger partial charge in [0.1, 0.15) is 17.1 Å². The van der Waals surface area contributed by atoms with Crippen LogP contribution in [0.4, 0.5) is 4.39 Å². The van der Waals surface area contributed by atoms with Gasteiger partial charge >= 0.3 is 5.97 Å². The summed E-state index contributed by atoms with van der Waals surface area (Å²) in [4.78, 5) is 30.2. The van der Waals surface area contributed by atoms with Crippen LogP contribution in [0.2, 0.25) is 0 Å². The van der Waals surface area contributed by atoms with E-state index in [1.165, 1.54) is 12.3 Å². The van der Waals surface area contributed by atoms with E-state index >= 15 is 0 Å². The number of nitrogens with one attached hydrogen (secondary N) is 2. The first-order valence-corrected chi connectivity index (χ1v) is 12.8. The molecule has 5 aromatic heterocycles. The third-order valence-electron chi connectivity index (χ3n) is 8.17. The second-order valence-electron chi connectivity index (χ2n) is 10.1. The average molecular weight is 500 g/mol. The lowest BCUT2D eigenvalue weighted by molar-refractivity contribution is -0.157. The van der Waals surface area contributed by atoms with Crippen molar-refractivity contribution in [2.75, 3.05) is 6.61 Å². The van der Waals surface area contributed by atoms with Gasteiger partial charge in [-0.2, -0.15) is 5.10 Å². The molecule has 2 N–H and O–H groups in total. The smallest absolute Gasteiger partial charge is 0.311 e. The van der Waals surface area contributed by atoms with E-state index in [1.54, 1.807) is 12.4 Å². The van der Waals surface area contributed by atoms with Crippen LogP contribution in [0.3, 0.4) is 0 Å². The van der Waals surface area contributed by atoms with Gasteiger partial charge in [0.2, 0.25) is 0 Å². The lowest BCUT2D eigenvalue weighted by Gasteiger charge is -2.47. The van der Waals surface area contributed by atoms with Crippen molar-refractivity contribution in [1.29, 1.82) is 0 Å². The molecule has 3 saturated carbocycles. The van der Waals surface area contributed by atoms with Crippen LogP contribution in [0.1, 0.15) is 38.6 Å². The van der Waals surface area contributed by atoms with Crippen LogP contribution >= 0.6 is 0 Å². The highest BCUT2D eigenvalue weighted by Gasteiger charge is 2.49. The number of carbonyl (C=O) groups is 1. The molecule has 5 heterocycles. The second kappa shape index (κ2) is 8.50. The van der Waals surface area contributed by atoms with Gasteiger partial charge in [-0.3, -0.25) is 9.89 Å². The van der Waals surface area contributed by atoms with Crippen LogP contribution in [-0.2, 0) is 9.53 Å². The Balaban J connectivity index is 1.44. The molecule has 3 aliphatic carbocycles. The fourth-order valence-electron chi connectivity index (χ4n) is 6.57. The summed E-state index contributed by atoms with van der Waals surface area (Å²) in [6, 6.07) is 1.38. The molecular weight excluding hydrogens is 473 g/mol. The minimum atomic E-state index is -0.421. The standard InChI is InChI=1S/C27H26FN7O2/c1-2-37-27(36)22-14-3-5-15(6-4-14)23(22)35-13-21(16-8-32-33-9-16)20-12-31-25(34-26(20)35)19-11-30-24-18(19)7-17(28)10-29-24/h7-15,22-23H,2-6H2,1H3,(H,29,30)(H,32,33)/t14?,15?,22-,23-/m1/s1. The number of esters is 1. The number of H-pyrrole nitrogens is 2. The molecule has 0 unspecified atom stereocenters. The van der Waals surface area contributed by atoms with Gasteiger partial charge in [-0.05, 0) is 50.5 Å². The Kier molecular flexibility index (Phi) is 5.09. The number of aromatic nitrogens is 7. The molecule has 0 saturated heterocycles. The molecule has 2 bridgehead atoms. The van der Waals surface area contributed by atoms with Gasteiger partial charge in [0.05, 0.1) is 31.0 Å². The summed E-state index contributed by atoms with van der Waals surface area (Å²) in [5.74, 6) is 0.365. The maximum absolute atomic E-state index is 14.0. The highest BCUT2D eigenvalue weighted by Crippen LogP contribution is 2.53. The zero-order chi connectivity index (χ0) is 25.1. The molecular formula is C27H26FN7O2. The maximum atomic E-state index is 14.0. The number of rotatable bonds is 5.